The molecule has 0 fully saturated rings. The van der Waals surface area contributed by atoms with Crippen molar-refractivity contribution in [3.8, 4) is 11.5 Å². The SMILES string of the molecule is COc1ccc(CCOc2ccc([C@@H](C)N)cc2C)cc1. The summed E-state index contributed by atoms with van der Waals surface area (Å²) in [4.78, 5) is 0. The summed E-state index contributed by atoms with van der Waals surface area (Å²) in [6.07, 6.45) is 0.873. The highest BCUT2D eigenvalue weighted by Crippen LogP contribution is 2.22. The number of aryl methyl sites for hydroxylation is 1. The van der Waals surface area contributed by atoms with E-state index in [1.54, 1.807) is 7.11 Å². The van der Waals surface area contributed by atoms with E-state index in [1.165, 1.54) is 5.56 Å². The van der Waals surface area contributed by atoms with Crippen LogP contribution in [-0.4, -0.2) is 13.7 Å². The lowest BCUT2D eigenvalue weighted by atomic mass is 10.1. The molecule has 0 aromatic heterocycles. The predicted octanol–water partition coefficient (Wildman–Crippen LogP) is 3.64. The second kappa shape index (κ2) is 7.14. The minimum Gasteiger partial charge on any atom is -0.497 e. The molecule has 0 spiro atoms. The Balaban J connectivity index is 1.90. The molecule has 0 heterocycles. The Hall–Kier alpha value is -2.00. The molecule has 1 atom stereocenters. The summed E-state index contributed by atoms with van der Waals surface area (Å²) in [6, 6.07) is 14.2. The second-order valence-electron chi connectivity index (χ2n) is 5.26. The fourth-order valence-corrected chi connectivity index (χ4v) is 2.19. The van der Waals surface area contributed by atoms with Crippen molar-refractivity contribution in [3.05, 3.63) is 59.2 Å². The van der Waals surface area contributed by atoms with Crippen molar-refractivity contribution in [3.63, 3.8) is 0 Å². The third-order valence-corrected chi connectivity index (χ3v) is 3.53. The molecule has 2 rings (SSSR count). The van der Waals surface area contributed by atoms with E-state index in [9.17, 15) is 0 Å². The fraction of sp³-hybridized carbons (Fsp3) is 0.333. The van der Waals surface area contributed by atoms with Gasteiger partial charge < -0.3 is 15.2 Å². The van der Waals surface area contributed by atoms with Crippen LogP contribution in [0.25, 0.3) is 0 Å². The lowest BCUT2D eigenvalue weighted by molar-refractivity contribution is 0.319. The first-order valence-electron chi connectivity index (χ1n) is 7.22. The first-order chi connectivity index (χ1) is 10.1. The average molecular weight is 285 g/mol. The number of ether oxygens (including phenoxy) is 2. The van der Waals surface area contributed by atoms with Gasteiger partial charge in [0.25, 0.3) is 0 Å². The maximum Gasteiger partial charge on any atom is 0.122 e. The van der Waals surface area contributed by atoms with Gasteiger partial charge in [0.05, 0.1) is 13.7 Å². The van der Waals surface area contributed by atoms with Gasteiger partial charge in [-0.05, 0) is 48.7 Å². The smallest absolute Gasteiger partial charge is 0.122 e. The molecule has 3 heteroatoms. The fourth-order valence-electron chi connectivity index (χ4n) is 2.19. The van der Waals surface area contributed by atoms with Crippen molar-refractivity contribution in [2.75, 3.05) is 13.7 Å². The van der Waals surface area contributed by atoms with Gasteiger partial charge in [0, 0.05) is 12.5 Å². The third-order valence-electron chi connectivity index (χ3n) is 3.53. The van der Waals surface area contributed by atoms with Gasteiger partial charge in [0.15, 0.2) is 0 Å². The van der Waals surface area contributed by atoms with Crippen LogP contribution >= 0.6 is 0 Å². The van der Waals surface area contributed by atoms with Gasteiger partial charge >= 0.3 is 0 Å². The molecule has 0 aliphatic heterocycles. The first-order valence-corrected chi connectivity index (χ1v) is 7.22. The van der Waals surface area contributed by atoms with E-state index in [4.69, 9.17) is 15.2 Å². The molecule has 2 N–H and O–H groups in total. The van der Waals surface area contributed by atoms with Crippen molar-refractivity contribution in [2.24, 2.45) is 5.73 Å². The lowest BCUT2D eigenvalue weighted by Crippen LogP contribution is -2.06. The molecule has 0 unspecified atom stereocenters. The van der Waals surface area contributed by atoms with Crippen molar-refractivity contribution in [1.82, 2.24) is 0 Å². The molecular weight excluding hydrogens is 262 g/mol. The van der Waals surface area contributed by atoms with Crippen LogP contribution < -0.4 is 15.2 Å². The van der Waals surface area contributed by atoms with E-state index < -0.39 is 0 Å². The normalized spacial score (nSPS) is 12.0. The number of benzene rings is 2. The van der Waals surface area contributed by atoms with E-state index in [2.05, 4.69) is 25.1 Å². The van der Waals surface area contributed by atoms with Crippen LogP contribution in [0.4, 0.5) is 0 Å². The van der Waals surface area contributed by atoms with Crippen LogP contribution in [0.2, 0.25) is 0 Å². The highest BCUT2D eigenvalue weighted by molar-refractivity contribution is 5.37. The zero-order chi connectivity index (χ0) is 15.2. The average Bonchev–Trinajstić information content (AvgIpc) is 2.49. The summed E-state index contributed by atoms with van der Waals surface area (Å²) in [5, 5.41) is 0. The van der Waals surface area contributed by atoms with Gasteiger partial charge in [0.1, 0.15) is 11.5 Å². The number of rotatable bonds is 6. The molecule has 0 aliphatic rings. The Morgan fingerprint density at radius 1 is 1.10 bits per heavy atom. The molecule has 0 aliphatic carbocycles. The maximum absolute atomic E-state index is 5.88. The molecule has 2 aromatic carbocycles. The van der Waals surface area contributed by atoms with Crippen LogP contribution in [0.1, 0.15) is 29.7 Å². The minimum atomic E-state index is 0.0528. The summed E-state index contributed by atoms with van der Waals surface area (Å²) >= 11 is 0. The van der Waals surface area contributed by atoms with E-state index in [-0.39, 0.29) is 6.04 Å². The zero-order valence-electron chi connectivity index (χ0n) is 12.9. The van der Waals surface area contributed by atoms with Crippen LogP contribution in [0, 0.1) is 6.92 Å². The predicted molar refractivity (Wildman–Crippen MR) is 86.0 cm³/mol. The highest BCUT2D eigenvalue weighted by atomic mass is 16.5. The molecule has 0 bridgehead atoms. The number of hydrogen-bond acceptors (Lipinski definition) is 3. The zero-order valence-corrected chi connectivity index (χ0v) is 12.9. The molecule has 2 aromatic rings. The molecule has 0 radical (unpaired) electrons. The van der Waals surface area contributed by atoms with Crippen LogP contribution in [-0.2, 0) is 6.42 Å². The van der Waals surface area contributed by atoms with Gasteiger partial charge in [-0.15, -0.1) is 0 Å². The summed E-state index contributed by atoms with van der Waals surface area (Å²) in [7, 11) is 1.67. The van der Waals surface area contributed by atoms with Crippen molar-refractivity contribution in [1.29, 1.82) is 0 Å². The maximum atomic E-state index is 5.88. The summed E-state index contributed by atoms with van der Waals surface area (Å²) in [5.41, 5.74) is 9.38. The van der Waals surface area contributed by atoms with Crippen LogP contribution in [0.3, 0.4) is 0 Å². The minimum absolute atomic E-state index is 0.0528. The summed E-state index contributed by atoms with van der Waals surface area (Å²) in [6.45, 7) is 4.69. The number of hydrogen-bond donors (Lipinski definition) is 1. The van der Waals surface area contributed by atoms with Crippen molar-refractivity contribution in [2.45, 2.75) is 26.3 Å². The van der Waals surface area contributed by atoms with Crippen LogP contribution in [0.15, 0.2) is 42.5 Å². The molecular formula is C18H23NO2. The van der Waals surface area contributed by atoms with E-state index in [1.807, 2.05) is 31.2 Å². The summed E-state index contributed by atoms with van der Waals surface area (Å²) in [5.74, 6) is 1.80. The summed E-state index contributed by atoms with van der Waals surface area (Å²) < 4.78 is 11.0. The van der Waals surface area contributed by atoms with Crippen molar-refractivity contribution >= 4 is 0 Å². The standard InChI is InChI=1S/C18H23NO2/c1-13-12-16(14(2)19)6-9-18(13)21-11-10-15-4-7-17(20-3)8-5-15/h4-9,12,14H,10-11,19H2,1-3H3/t14-/m1/s1. The Morgan fingerprint density at radius 2 is 1.81 bits per heavy atom. The monoisotopic (exact) mass is 285 g/mol. The van der Waals surface area contributed by atoms with E-state index in [0.29, 0.717) is 6.61 Å². The van der Waals surface area contributed by atoms with Gasteiger partial charge in [-0.2, -0.15) is 0 Å². The molecule has 21 heavy (non-hydrogen) atoms. The Bertz CT molecular complexity index is 576. The second-order valence-corrected chi connectivity index (χ2v) is 5.26. The Kier molecular flexibility index (Phi) is 5.23. The Labute approximate surface area is 126 Å². The lowest BCUT2D eigenvalue weighted by Gasteiger charge is -2.12. The Morgan fingerprint density at radius 3 is 2.38 bits per heavy atom. The molecule has 3 nitrogen and oxygen atoms in total. The van der Waals surface area contributed by atoms with Gasteiger partial charge in [-0.1, -0.05) is 24.3 Å². The van der Waals surface area contributed by atoms with Crippen molar-refractivity contribution < 1.29 is 9.47 Å². The molecule has 0 saturated heterocycles. The number of methoxy groups -OCH3 is 1. The number of nitrogens with two attached hydrogens (primary N) is 1. The quantitative estimate of drug-likeness (QED) is 0.881. The third kappa shape index (κ3) is 4.23. The largest absolute Gasteiger partial charge is 0.497 e. The van der Waals surface area contributed by atoms with E-state index in [0.717, 1.165) is 29.0 Å². The van der Waals surface area contributed by atoms with Gasteiger partial charge in [-0.25, -0.2) is 0 Å². The van der Waals surface area contributed by atoms with Gasteiger partial charge in [-0.3, -0.25) is 0 Å². The van der Waals surface area contributed by atoms with Crippen LogP contribution in [0.5, 0.6) is 11.5 Å². The molecule has 0 amide bonds. The topological polar surface area (TPSA) is 44.5 Å². The van der Waals surface area contributed by atoms with Gasteiger partial charge in [0.2, 0.25) is 0 Å². The highest BCUT2D eigenvalue weighted by Gasteiger charge is 2.04. The van der Waals surface area contributed by atoms with E-state index >= 15 is 0 Å². The molecule has 112 valence electrons. The molecule has 0 saturated carbocycles. The first kappa shape index (κ1) is 15.4.